The minimum absolute atomic E-state index is 0.112. The molecular weight excluding hydrogens is 553 g/mol. The maximum absolute atomic E-state index is 13.4. The standard InChI is InChI=1S/C32H27ClFN7O/c1-41(2)28-18-3-21(4-19-28)5-20-29(42)22-6-12-25(13-7-22)35-30-38-31(36-26-14-8-23(33)9-15-26)40-32(39-30)37-27-16-10-24(34)11-17-27/h3-20H,1-2H3,(H3,35,36,37,38,39,40)/b20-5+. The number of benzene rings is 4. The van der Waals surface area contributed by atoms with Gasteiger partial charge in [0.15, 0.2) is 5.78 Å². The topological polar surface area (TPSA) is 95.1 Å². The Bertz CT molecular complexity index is 1620. The van der Waals surface area contributed by atoms with E-state index in [1.54, 1.807) is 72.8 Å². The van der Waals surface area contributed by atoms with Gasteiger partial charge in [0, 0.05) is 47.4 Å². The minimum atomic E-state index is -0.347. The molecule has 5 rings (SSSR count). The van der Waals surface area contributed by atoms with Crippen LogP contribution in [0.4, 0.5) is 45.0 Å². The Labute approximate surface area is 247 Å². The van der Waals surface area contributed by atoms with Gasteiger partial charge in [-0.15, -0.1) is 0 Å². The Morgan fingerprint density at radius 3 is 1.62 bits per heavy atom. The van der Waals surface area contributed by atoms with Crippen molar-refractivity contribution < 1.29 is 9.18 Å². The van der Waals surface area contributed by atoms with Crippen LogP contribution in [0.25, 0.3) is 6.08 Å². The van der Waals surface area contributed by atoms with Gasteiger partial charge in [0.1, 0.15) is 5.82 Å². The maximum Gasteiger partial charge on any atom is 0.233 e. The van der Waals surface area contributed by atoms with E-state index in [1.165, 1.54) is 12.1 Å². The van der Waals surface area contributed by atoms with E-state index in [2.05, 4.69) is 30.9 Å². The Morgan fingerprint density at radius 2 is 1.14 bits per heavy atom. The van der Waals surface area contributed by atoms with Gasteiger partial charge in [-0.2, -0.15) is 15.0 Å². The molecule has 0 unspecified atom stereocenters. The van der Waals surface area contributed by atoms with Gasteiger partial charge < -0.3 is 20.9 Å². The van der Waals surface area contributed by atoms with Gasteiger partial charge in [0.05, 0.1) is 0 Å². The summed E-state index contributed by atoms with van der Waals surface area (Å²) in [5, 5.41) is 9.97. The average Bonchev–Trinajstić information content (AvgIpc) is 2.99. The smallest absolute Gasteiger partial charge is 0.233 e. The maximum atomic E-state index is 13.4. The van der Waals surface area contributed by atoms with Gasteiger partial charge in [-0.3, -0.25) is 4.79 Å². The average molecular weight is 580 g/mol. The van der Waals surface area contributed by atoms with Gasteiger partial charge in [0.2, 0.25) is 17.8 Å². The van der Waals surface area contributed by atoms with Crippen molar-refractivity contribution in [2.75, 3.05) is 34.9 Å². The van der Waals surface area contributed by atoms with Crippen LogP contribution in [0.1, 0.15) is 15.9 Å². The van der Waals surface area contributed by atoms with Crippen molar-refractivity contribution in [1.29, 1.82) is 0 Å². The molecule has 0 aliphatic rings. The first-order valence-electron chi connectivity index (χ1n) is 13.0. The molecule has 0 saturated carbocycles. The number of hydrogen-bond acceptors (Lipinski definition) is 8. The Kier molecular flexibility index (Phi) is 8.70. The third-order valence-corrected chi connectivity index (χ3v) is 6.35. The lowest BCUT2D eigenvalue weighted by atomic mass is 10.1. The lowest BCUT2D eigenvalue weighted by Crippen LogP contribution is -2.07. The van der Waals surface area contributed by atoms with Crippen molar-refractivity contribution >= 4 is 64.1 Å². The zero-order valence-electron chi connectivity index (χ0n) is 22.8. The van der Waals surface area contributed by atoms with E-state index in [0.717, 1.165) is 16.9 Å². The third kappa shape index (κ3) is 7.67. The molecule has 210 valence electrons. The number of hydrogen-bond donors (Lipinski definition) is 3. The van der Waals surface area contributed by atoms with Crippen LogP contribution in [-0.2, 0) is 0 Å². The van der Waals surface area contributed by atoms with E-state index in [0.29, 0.717) is 22.0 Å². The lowest BCUT2D eigenvalue weighted by Gasteiger charge is -2.12. The highest BCUT2D eigenvalue weighted by molar-refractivity contribution is 6.30. The first-order valence-corrected chi connectivity index (χ1v) is 13.4. The first-order chi connectivity index (χ1) is 20.3. The van der Waals surface area contributed by atoms with Crippen molar-refractivity contribution in [3.8, 4) is 0 Å². The molecule has 0 fully saturated rings. The molecule has 0 aliphatic heterocycles. The van der Waals surface area contributed by atoms with E-state index >= 15 is 0 Å². The van der Waals surface area contributed by atoms with Crippen LogP contribution in [0.2, 0.25) is 5.02 Å². The normalized spacial score (nSPS) is 10.9. The molecule has 1 aromatic heterocycles. The quantitative estimate of drug-likeness (QED) is 0.114. The summed E-state index contributed by atoms with van der Waals surface area (Å²) >= 11 is 6.01. The predicted octanol–water partition coefficient (Wildman–Crippen LogP) is 7.86. The molecule has 4 aromatic carbocycles. The van der Waals surface area contributed by atoms with Crippen LogP contribution in [0.15, 0.2) is 103 Å². The molecule has 0 amide bonds. The molecule has 0 spiro atoms. The van der Waals surface area contributed by atoms with E-state index < -0.39 is 0 Å². The molecule has 0 aliphatic carbocycles. The summed E-state index contributed by atoms with van der Waals surface area (Å²) in [5.41, 5.74) is 4.58. The zero-order chi connectivity index (χ0) is 29.5. The Morgan fingerprint density at radius 1 is 0.690 bits per heavy atom. The lowest BCUT2D eigenvalue weighted by molar-refractivity contribution is 0.104. The second kappa shape index (κ2) is 12.9. The van der Waals surface area contributed by atoms with E-state index in [9.17, 15) is 9.18 Å². The highest BCUT2D eigenvalue weighted by atomic mass is 35.5. The number of carbonyl (C=O) groups excluding carboxylic acids is 1. The third-order valence-electron chi connectivity index (χ3n) is 6.10. The van der Waals surface area contributed by atoms with E-state index in [4.69, 9.17) is 11.6 Å². The van der Waals surface area contributed by atoms with Crippen LogP contribution in [0, 0.1) is 5.82 Å². The molecule has 42 heavy (non-hydrogen) atoms. The molecule has 0 radical (unpaired) electrons. The Balaban J connectivity index is 1.32. The van der Waals surface area contributed by atoms with Crippen LogP contribution in [0.5, 0.6) is 0 Å². The van der Waals surface area contributed by atoms with Crippen LogP contribution in [0.3, 0.4) is 0 Å². The molecule has 0 bridgehead atoms. The van der Waals surface area contributed by atoms with Crippen molar-refractivity contribution in [1.82, 2.24) is 15.0 Å². The number of aromatic nitrogens is 3. The highest BCUT2D eigenvalue weighted by Crippen LogP contribution is 2.23. The van der Waals surface area contributed by atoms with Crippen molar-refractivity contribution in [2.24, 2.45) is 0 Å². The second-order valence-electron chi connectivity index (χ2n) is 9.46. The number of halogens is 2. The van der Waals surface area contributed by atoms with E-state index in [-0.39, 0.29) is 29.4 Å². The van der Waals surface area contributed by atoms with Crippen LogP contribution >= 0.6 is 11.6 Å². The van der Waals surface area contributed by atoms with Crippen LogP contribution in [-0.4, -0.2) is 34.8 Å². The van der Waals surface area contributed by atoms with Gasteiger partial charge in [0.25, 0.3) is 0 Å². The Hall–Kier alpha value is -5.28. The number of nitrogens with one attached hydrogen (secondary N) is 3. The number of nitrogens with zero attached hydrogens (tertiary/aromatic N) is 4. The number of rotatable bonds is 10. The monoisotopic (exact) mass is 579 g/mol. The number of ketones is 1. The SMILES string of the molecule is CN(C)c1ccc(/C=C/C(=O)c2ccc(Nc3nc(Nc4ccc(F)cc4)nc(Nc4ccc(Cl)cc4)n3)cc2)cc1. The predicted molar refractivity (Wildman–Crippen MR) is 168 cm³/mol. The number of allylic oxidation sites excluding steroid dienone is 1. The summed E-state index contributed by atoms with van der Waals surface area (Å²) in [5.74, 6) is 0.311. The molecule has 0 saturated heterocycles. The molecule has 0 atom stereocenters. The minimum Gasteiger partial charge on any atom is -0.378 e. The summed E-state index contributed by atoms with van der Waals surface area (Å²) in [6.45, 7) is 0. The molecule has 8 nitrogen and oxygen atoms in total. The van der Waals surface area contributed by atoms with Gasteiger partial charge in [-0.05, 0) is 96.6 Å². The second-order valence-corrected chi connectivity index (χ2v) is 9.89. The molecule has 1 heterocycles. The highest BCUT2D eigenvalue weighted by Gasteiger charge is 2.10. The fourth-order valence-electron chi connectivity index (χ4n) is 3.87. The van der Waals surface area contributed by atoms with Gasteiger partial charge >= 0.3 is 0 Å². The van der Waals surface area contributed by atoms with Crippen LogP contribution < -0.4 is 20.9 Å². The van der Waals surface area contributed by atoms with E-state index in [1.807, 2.05) is 43.3 Å². The molecule has 10 heteroatoms. The summed E-state index contributed by atoms with van der Waals surface area (Å²) in [7, 11) is 3.96. The fourth-order valence-corrected chi connectivity index (χ4v) is 3.99. The summed E-state index contributed by atoms with van der Waals surface area (Å²) < 4.78 is 13.4. The summed E-state index contributed by atoms with van der Waals surface area (Å²) in [4.78, 5) is 28.1. The summed E-state index contributed by atoms with van der Waals surface area (Å²) in [6, 6.07) is 27.9. The first kappa shape index (κ1) is 28.3. The van der Waals surface area contributed by atoms with Crippen molar-refractivity contribution in [2.45, 2.75) is 0 Å². The fraction of sp³-hybridized carbons (Fsp3) is 0.0625. The molecular formula is C32H27ClFN7O. The largest absolute Gasteiger partial charge is 0.378 e. The number of anilines is 7. The van der Waals surface area contributed by atoms with Crippen molar-refractivity contribution in [3.63, 3.8) is 0 Å². The molecule has 3 N–H and O–H groups in total. The van der Waals surface area contributed by atoms with Gasteiger partial charge in [-0.1, -0.05) is 29.8 Å². The molecule has 5 aromatic rings. The van der Waals surface area contributed by atoms with Crippen molar-refractivity contribution in [3.05, 3.63) is 125 Å². The number of carbonyl (C=O) groups is 1. The van der Waals surface area contributed by atoms with Gasteiger partial charge in [-0.25, -0.2) is 4.39 Å². The summed E-state index contributed by atoms with van der Waals surface area (Å²) in [6.07, 6.45) is 3.35. The zero-order valence-corrected chi connectivity index (χ0v) is 23.6.